The summed E-state index contributed by atoms with van der Waals surface area (Å²) in [4.78, 5) is 4.13. The number of nitrogens with zero attached hydrogens (tertiary/aromatic N) is 3. The van der Waals surface area contributed by atoms with E-state index < -0.39 is 0 Å². The lowest BCUT2D eigenvalue weighted by Crippen LogP contribution is -2.01. The highest BCUT2D eigenvalue weighted by Gasteiger charge is 2.02. The minimum absolute atomic E-state index is 0.658. The van der Waals surface area contributed by atoms with E-state index in [1.807, 2.05) is 4.68 Å². The van der Waals surface area contributed by atoms with Crippen molar-refractivity contribution in [1.29, 1.82) is 0 Å². The maximum Gasteiger partial charge on any atom is 0.186 e. The minimum Gasteiger partial charge on any atom is -0.241 e. The van der Waals surface area contributed by atoms with Gasteiger partial charge < -0.3 is 0 Å². The second-order valence-corrected chi connectivity index (χ2v) is 3.55. The molecule has 0 bridgehead atoms. The Morgan fingerprint density at radius 2 is 2.54 bits per heavy atom. The van der Waals surface area contributed by atoms with Crippen LogP contribution in [0.1, 0.15) is 19.8 Å². The van der Waals surface area contributed by atoms with Crippen LogP contribution >= 0.6 is 11.8 Å². The van der Waals surface area contributed by atoms with Crippen LogP contribution in [-0.4, -0.2) is 20.5 Å². The first-order valence-electron chi connectivity index (χ1n) is 4.32. The zero-order chi connectivity index (χ0) is 9.52. The molecule has 1 rings (SSSR count). The molecule has 3 nitrogen and oxygen atoms in total. The highest BCUT2D eigenvalue weighted by Crippen LogP contribution is 2.13. The van der Waals surface area contributed by atoms with Crippen LogP contribution in [0.15, 0.2) is 11.5 Å². The van der Waals surface area contributed by atoms with Crippen molar-refractivity contribution in [1.82, 2.24) is 14.8 Å². The number of thioether (sulfide) groups is 1. The van der Waals surface area contributed by atoms with Crippen LogP contribution in [0.4, 0.5) is 0 Å². The summed E-state index contributed by atoms with van der Waals surface area (Å²) in [5.41, 5.74) is 0. The van der Waals surface area contributed by atoms with Gasteiger partial charge in [0.25, 0.3) is 0 Å². The first-order chi connectivity index (χ1) is 6.38. The molecule has 4 heteroatoms. The molecule has 13 heavy (non-hydrogen) atoms. The molecule has 0 aliphatic carbocycles. The van der Waals surface area contributed by atoms with E-state index in [9.17, 15) is 0 Å². The van der Waals surface area contributed by atoms with Gasteiger partial charge in [-0.1, -0.05) is 31.0 Å². The van der Waals surface area contributed by atoms with Gasteiger partial charge in [0.1, 0.15) is 6.33 Å². The van der Waals surface area contributed by atoms with Crippen LogP contribution < -0.4 is 0 Å². The smallest absolute Gasteiger partial charge is 0.186 e. The molecule has 0 aliphatic heterocycles. The summed E-state index contributed by atoms with van der Waals surface area (Å²) in [6, 6.07) is 0. The largest absolute Gasteiger partial charge is 0.241 e. The molecule has 0 unspecified atom stereocenters. The molecule has 0 amide bonds. The fourth-order valence-electron chi connectivity index (χ4n) is 0.933. The van der Waals surface area contributed by atoms with Crippen LogP contribution in [-0.2, 0) is 6.54 Å². The fraction of sp³-hybridized carbons (Fsp3) is 0.556. The zero-order valence-electron chi connectivity index (χ0n) is 7.73. The van der Waals surface area contributed by atoms with E-state index in [0.717, 1.165) is 18.1 Å². The van der Waals surface area contributed by atoms with Crippen molar-refractivity contribution in [2.75, 3.05) is 5.75 Å². The van der Waals surface area contributed by atoms with Gasteiger partial charge in [0.2, 0.25) is 0 Å². The van der Waals surface area contributed by atoms with Crippen LogP contribution in [0.2, 0.25) is 0 Å². The average Bonchev–Trinajstić information content (AvgIpc) is 2.59. The van der Waals surface area contributed by atoms with Gasteiger partial charge >= 0.3 is 0 Å². The molecule has 0 saturated heterocycles. The highest BCUT2D eigenvalue weighted by molar-refractivity contribution is 7.99. The first-order valence-corrected chi connectivity index (χ1v) is 5.31. The minimum atomic E-state index is 0.658. The standard InChI is InChI=1S/C9H13N3S/c1-3-5-6-12-9(10-8-11-12)13-7-4-2/h2,8H,3,5-7H2,1H3. The van der Waals surface area contributed by atoms with Crippen molar-refractivity contribution >= 4 is 11.8 Å². The predicted molar refractivity (Wildman–Crippen MR) is 54.5 cm³/mol. The number of unbranched alkanes of at least 4 members (excludes halogenated alkanes) is 1. The van der Waals surface area contributed by atoms with E-state index in [2.05, 4.69) is 22.9 Å². The summed E-state index contributed by atoms with van der Waals surface area (Å²) < 4.78 is 1.91. The third-order valence-corrected chi connectivity index (χ3v) is 2.47. The van der Waals surface area contributed by atoms with E-state index in [-0.39, 0.29) is 0 Å². The molecule has 0 atom stereocenters. The molecule has 0 aliphatic rings. The van der Waals surface area contributed by atoms with Gasteiger partial charge in [-0.05, 0) is 6.42 Å². The van der Waals surface area contributed by atoms with Crippen molar-refractivity contribution in [3.63, 3.8) is 0 Å². The van der Waals surface area contributed by atoms with Gasteiger partial charge in [-0.3, -0.25) is 0 Å². The number of terminal acetylenes is 1. The maximum absolute atomic E-state index is 5.17. The van der Waals surface area contributed by atoms with E-state index >= 15 is 0 Å². The average molecular weight is 195 g/mol. The third kappa shape index (κ3) is 3.11. The molecule has 0 radical (unpaired) electrons. The van der Waals surface area contributed by atoms with Crippen LogP contribution in [0, 0.1) is 12.3 Å². The Labute approximate surface area is 82.9 Å². The number of aryl methyl sites for hydroxylation is 1. The van der Waals surface area contributed by atoms with Crippen molar-refractivity contribution < 1.29 is 0 Å². The Kier molecular flexibility index (Phi) is 4.41. The topological polar surface area (TPSA) is 30.7 Å². The summed E-state index contributed by atoms with van der Waals surface area (Å²) in [6.07, 6.45) is 9.04. The zero-order valence-corrected chi connectivity index (χ0v) is 8.55. The molecular formula is C9H13N3S. The Morgan fingerprint density at radius 3 is 3.23 bits per heavy atom. The Bertz CT molecular complexity index is 287. The summed E-state index contributed by atoms with van der Waals surface area (Å²) in [7, 11) is 0. The summed E-state index contributed by atoms with van der Waals surface area (Å²) >= 11 is 1.56. The van der Waals surface area contributed by atoms with E-state index in [4.69, 9.17) is 6.42 Å². The van der Waals surface area contributed by atoms with Crippen molar-refractivity contribution in [2.45, 2.75) is 31.5 Å². The molecule has 1 aromatic rings. The van der Waals surface area contributed by atoms with Gasteiger partial charge in [0, 0.05) is 6.54 Å². The summed E-state index contributed by atoms with van der Waals surface area (Å²) in [5.74, 6) is 3.23. The third-order valence-electron chi connectivity index (χ3n) is 1.59. The molecule has 0 fully saturated rings. The predicted octanol–water partition coefficient (Wildman–Crippen LogP) is 1.80. The fourth-order valence-corrected chi connectivity index (χ4v) is 1.55. The molecule has 0 aromatic carbocycles. The van der Waals surface area contributed by atoms with Gasteiger partial charge in [0.15, 0.2) is 5.16 Å². The van der Waals surface area contributed by atoms with E-state index in [1.54, 1.807) is 18.1 Å². The Hall–Kier alpha value is -0.950. The van der Waals surface area contributed by atoms with Gasteiger partial charge in [-0.2, -0.15) is 5.10 Å². The van der Waals surface area contributed by atoms with Gasteiger partial charge in [-0.15, -0.1) is 6.42 Å². The van der Waals surface area contributed by atoms with E-state index in [0.29, 0.717) is 5.75 Å². The van der Waals surface area contributed by atoms with Crippen molar-refractivity contribution in [3.05, 3.63) is 6.33 Å². The molecule has 0 N–H and O–H groups in total. The van der Waals surface area contributed by atoms with Gasteiger partial charge in [-0.25, -0.2) is 9.67 Å². The van der Waals surface area contributed by atoms with Crippen LogP contribution in [0.25, 0.3) is 0 Å². The molecular weight excluding hydrogens is 182 g/mol. The van der Waals surface area contributed by atoms with Crippen molar-refractivity contribution in [2.24, 2.45) is 0 Å². The molecule has 0 spiro atoms. The molecule has 1 heterocycles. The normalized spacial score (nSPS) is 9.85. The van der Waals surface area contributed by atoms with E-state index in [1.165, 1.54) is 6.42 Å². The van der Waals surface area contributed by atoms with Crippen LogP contribution in [0.3, 0.4) is 0 Å². The maximum atomic E-state index is 5.17. The molecule has 70 valence electrons. The lowest BCUT2D eigenvalue weighted by atomic mass is 10.3. The summed E-state index contributed by atoms with van der Waals surface area (Å²) in [5, 5.41) is 5.05. The lowest BCUT2D eigenvalue weighted by Gasteiger charge is -2.01. The number of hydrogen-bond acceptors (Lipinski definition) is 3. The first kappa shape index (κ1) is 10.1. The second kappa shape index (κ2) is 5.65. The molecule has 1 aromatic heterocycles. The van der Waals surface area contributed by atoms with Gasteiger partial charge in [0.05, 0.1) is 5.75 Å². The summed E-state index contributed by atoms with van der Waals surface area (Å²) in [6.45, 7) is 3.09. The number of rotatable bonds is 5. The SMILES string of the molecule is C#CCSc1ncnn1CCCC. The molecule has 0 saturated carbocycles. The number of aromatic nitrogens is 3. The Morgan fingerprint density at radius 1 is 1.69 bits per heavy atom. The van der Waals surface area contributed by atoms with Crippen molar-refractivity contribution in [3.8, 4) is 12.3 Å². The monoisotopic (exact) mass is 195 g/mol. The second-order valence-electron chi connectivity index (χ2n) is 2.61. The highest BCUT2D eigenvalue weighted by atomic mass is 32.2. The Balaban J connectivity index is 2.51. The van der Waals surface area contributed by atoms with Crippen LogP contribution in [0.5, 0.6) is 0 Å². The lowest BCUT2D eigenvalue weighted by molar-refractivity contribution is 0.528. The number of hydrogen-bond donors (Lipinski definition) is 0. The quantitative estimate of drug-likeness (QED) is 0.530.